The minimum Gasteiger partial charge on any atom is -0.434 e. The molecule has 1 aromatic carbocycles. The zero-order valence-electron chi connectivity index (χ0n) is 22.5. The molecule has 3 aromatic heterocycles. The van der Waals surface area contributed by atoms with Crippen LogP contribution >= 0.6 is 11.6 Å². The van der Waals surface area contributed by atoms with Crippen molar-refractivity contribution in [1.29, 1.82) is 0 Å². The first-order valence-electron chi connectivity index (χ1n) is 13.4. The van der Waals surface area contributed by atoms with Gasteiger partial charge in [-0.1, -0.05) is 11.6 Å². The Balaban J connectivity index is 1.41. The molecule has 0 saturated carbocycles. The average Bonchev–Trinajstić information content (AvgIpc) is 3.57. The van der Waals surface area contributed by atoms with E-state index in [-0.39, 0.29) is 34.4 Å². The van der Waals surface area contributed by atoms with Gasteiger partial charge in [0.1, 0.15) is 22.8 Å². The minimum absolute atomic E-state index is 0.0326. The molecule has 13 heteroatoms. The number of rotatable bonds is 11. The lowest BCUT2D eigenvalue weighted by atomic mass is 10.0. The molecular weight excluding hydrogens is 556 g/mol. The number of unbranched alkanes of at least 4 members (excludes halogenated alkanes) is 1. The summed E-state index contributed by atoms with van der Waals surface area (Å²) in [6, 6.07) is 6.03. The van der Waals surface area contributed by atoms with Crippen LogP contribution in [-0.2, 0) is 4.79 Å². The van der Waals surface area contributed by atoms with E-state index in [1.54, 1.807) is 36.3 Å². The molecule has 10 nitrogen and oxygen atoms in total. The standard InChI is InChI=1S/C28H30ClF2N7O3/c1-18(39)5-2-3-11-36-13-8-20(9-14-36)38-17-23(34-27(40)22-16-33-37-12-4-10-32-26(22)37)25(35-38)21-15-19(29)6-7-24(21)41-28(30)31/h4,6-7,10,12,15-17,20,28H,2-3,5,8-9,11,13-14H2,1H3,(H,34,40). The van der Waals surface area contributed by atoms with Gasteiger partial charge in [-0.05, 0) is 63.4 Å². The van der Waals surface area contributed by atoms with Gasteiger partial charge in [-0.25, -0.2) is 9.50 Å². The molecule has 0 atom stereocenters. The number of likely N-dealkylation sites (tertiary alicyclic amines) is 1. The summed E-state index contributed by atoms with van der Waals surface area (Å²) in [5.41, 5.74) is 1.43. The first kappa shape index (κ1) is 28.6. The van der Waals surface area contributed by atoms with Crippen LogP contribution in [0.15, 0.2) is 49.1 Å². The Labute approximate surface area is 240 Å². The van der Waals surface area contributed by atoms with Crippen LogP contribution in [-0.4, -0.2) is 67.2 Å². The van der Waals surface area contributed by atoms with E-state index in [0.29, 0.717) is 22.8 Å². The van der Waals surface area contributed by atoms with Gasteiger partial charge in [-0.2, -0.15) is 19.0 Å². The van der Waals surface area contributed by atoms with Gasteiger partial charge in [0.15, 0.2) is 5.65 Å². The topological polar surface area (TPSA) is 107 Å². The van der Waals surface area contributed by atoms with Crippen LogP contribution in [0.25, 0.3) is 16.9 Å². The summed E-state index contributed by atoms with van der Waals surface area (Å²) in [7, 11) is 0. The summed E-state index contributed by atoms with van der Waals surface area (Å²) in [6.07, 6.45) is 10.5. The number of amides is 1. The number of alkyl halides is 2. The van der Waals surface area contributed by atoms with Gasteiger partial charge in [0.2, 0.25) is 0 Å². The van der Waals surface area contributed by atoms with Crippen LogP contribution < -0.4 is 10.1 Å². The van der Waals surface area contributed by atoms with Crippen molar-refractivity contribution < 1.29 is 23.1 Å². The van der Waals surface area contributed by atoms with Crippen molar-refractivity contribution in [2.75, 3.05) is 25.0 Å². The van der Waals surface area contributed by atoms with Crippen molar-refractivity contribution in [1.82, 2.24) is 29.3 Å². The maximum atomic E-state index is 13.4. The van der Waals surface area contributed by atoms with Crippen molar-refractivity contribution in [2.45, 2.75) is 51.7 Å². The molecule has 0 spiro atoms. The Morgan fingerprint density at radius 2 is 2.02 bits per heavy atom. The molecule has 1 fully saturated rings. The monoisotopic (exact) mass is 585 g/mol. The molecule has 1 saturated heterocycles. The number of anilines is 1. The molecule has 1 aliphatic heterocycles. The van der Waals surface area contributed by atoms with Crippen LogP contribution in [0.3, 0.4) is 0 Å². The van der Waals surface area contributed by atoms with Gasteiger partial charge in [-0.3, -0.25) is 9.48 Å². The maximum Gasteiger partial charge on any atom is 0.387 e. The molecule has 0 aliphatic carbocycles. The van der Waals surface area contributed by atoms with Gasteiger partial charge in [0.05, 0.1) is 17.9 Å². The SMILES string of the molecule is CC(=O)CCCCN1CCC(n2cc(NC(=O)c3cnn4cccnc34)c(-c3cc(Cl)ccc3OC(F)F)n2)CC1. The first-order valence-corrected chi connectivity index (χ1v) is 13.8. The fraction of sp³-hybridized carbons (Fsp3) is 0.393. The zero-order chi connectivity index (χ0) is 28.9. The third kappa shape index (κ3) is 6.88. The van der Waals surface area contributed by atoms with Crippen LogP contribution in [0, 0.1) is 0 Å². The highest BCUT2D eigenvalue weighted by Crippen LogP contribution is 2.38. The van der Waals surface area contributed by atoms with Gasteiger partial charge >= 0.3 is 6.61 Å². The van der Waals surface area contributed by atoms with E-state index >= 15 is 0 Å². The predicted molar refractivity (Wildman–Crippen MR) is 149 cm³/mol. The number of piperidine rings is 1. The predicted octanol–water partition coefficient (Wildman–Crippen LogP) is 5.50. The highest BCUT2D eigenvalue weighted by molar-refractivity contribution is 6.31. The molecule has 1 amide bonds. The lowest BCUT2D eigenvalue weighted by molar-refractivity contribution is -0.117. The molecule has 0 unspecified atom stereocenters. The molecule has 4 aromatic rings. The van der Waals surface area contributed by atoms with E-state index < -0.39 is 12.5 Å². The van der Waals surface area contributed by atoms with Crippen LogP contribution in [0.4, 0.5) is 14.5 Å². The number of hydrogen-bond donors (Lipinski definition) is 1. The molecule has 41 heavy (non-hydrogen) atoms. The van der Waals surface area contributed by atoms with E-state index in [1.165, 1.54) is 28.9 Å². The number of ketones is 1. The molecule has 5 rings (SSSR count). The molecule has 4 heterocycles. The lowest BCUT2D eigenvalue weighted by Gasteiger charge is -2.32. The molecule has 0 radical (unpaired) electrons. The number of carbonyl (C=O) groups is 2. The van der Waals surface area contributed by atoms with Gasteiger partial charge in [0, 0.05) is 48.7 Å². The Hall–Kier alpha value is -3.90. The van der Waals surface area contributed by atoms with Crippen LogP contribution in [0.1, 0.15) is 55.4 Å². The Kier molecular flexibility index (Phi) is 8.89. The first-order chi connectivity index (χ1) is 19.8. The fourth-order valence-electron chi connectivity index (χ4n) is 5.05. The van der Waals surface area contributed by atoms with Crippen LogP contribution in [0.2, 0.25) is 5.02 Å². The highest BCUT2D eigenvalue weighted by atomic mass is 35.5. The number of nitrogens with zero attached hydrogens (tertiary/aromatic N) is 6. The second-order valence-corrected chi connectivity index (χ2v) is 10.5. The Bertz CT molecular complexity index is 1530. The molecular formula is C28H30ClF2N7O3. The van der Waals surface area contributed by atoms with Gasteiger partial charge in [0.25, 0.3) is 5.91 Å². The number of carbonyl (C=O) groups excluding carboxylic acids is 2. The number of nitrogens with one attached hydrogen (secondary N) is 1. The zero-order valence-corrected chi connectivity index (χ0v) is 23.2. The maximum absolute atomic E-state index is 13.4. The summed E-state index contributed by atoms with van der Waals surface area (Å²) in [4.78, 5) is 31.2. The number of hydrogen-bond acceptors (Lipinski definition) is 7. The van der Waals surface area contributed by atoms with Crippen LogP contribution in [0.5, 0.6) is 5.75 Å². The number of benzene rings is 1. The largest absolute Gasteiger partial charge is 0.434 e. The molecule has 1 aliphatic rings. The average molecular weight is 586 g/mol. The van der Waals surface area contributed by atoms with Gasteiger partial charge in [-0.15, -0.1) is 0 Å². The minimum atomic E-state index is -3.06. The van der Waals surface area contributed by atoms with E-state index in [0.717, 1.165) is 45.3 Å². The van der Waals surface area contributed by atoms with E-state index in [2.05, 4.69) is 20.3 Å². The summed E-state index contributed by atoms with van der Waals surface area (Å²) in [6.45, 7) is 1.19. The number of fused-ring (bicyclic) bond motifs is 1. The molecule has 0 bridgehead atoms. The van der Waals surface area contributed by atoms with Crippen molar-refractivity contribution in [2.24, 2.45) is 0 Å². The summed E-state index contributed by atoms with van der Waals surface area (Å²) in [5.74, 6) is -0.373. The normalized spacial score (nSPS) is 14.6. The van der Waals surface area contributed by atoms with Crippen molar-refractivity contribution >= 4 is 34.6 Å². The summed E-state index contributed by atoms with van der Waals surface area (Å²) in [5, 5.41) is 12.1. The lowest BCUT2D eigenvalue weighted by Crippen LogP contribution is -2.35. The van der Waals surface area contributed by atoms with Crippen molar-refractivity contribution in [3.8, 4) is 17.0 Å². The van der Waals surface area contributed by atoms with Crippen molar-refractivity contribution in [3.63, 3.8) is 0 Å². The van der Waals surface area contributed by atoms with Gasteiger partial charge < -0.3 is 19.7 Å². The summed E-state index contributed by atoms with van der Waals surface area (Å²) >= 11 is 6.24. The third-order valence-electron chi connectivity index (χ3n) is 7.10. The Morgan fingerprint density at radius 1 is 1.22 bits per heavy atom. The summed E-state index contributed by atoms with van der Waals surface area (Å²) < 4.78 is 34.5. The molecule has 1 N–H and O–H groups in total. The molecule has 216 valence electrons. The number of ether oxygens (including phenoxy) is 1. The number of aromatic nitrogens is 5. The second kappa shape index (κ2) is 12.7. The van der Waals surface area contributed by atoms with E-state index in [4.69, 9.17) is 21.4 Å². The van der Waals surface area contributed by atoms with E-state index in [1.807, 2.05) is 0 Å². The van der Waals surface area contributed by atoms with Crippen molar-refractivity contribution in [3.05, 3.63) is 59.6 Å². The quantitative estimate of drug-likeness (QED) is 0.232. The van der Waals surface area contributed by atoms with E-state index in [9.17, 15) is 18.4 Å². The second-order valence-electron chi connectivity index (χ2n) is 10.0. The Morgan fingerprint density at radius 3 is 2.78 bits per heavy atom. The fourth-order valence-corrected chi connectivity index (χ4v) is 5.22. The third-order valence-corrected chi connectivity index (χ3v) is 7.34. The number of halogens is 3. The number of Topliss-reactive ketones (excluding diaryl/α,β-unsaturated/α-hetero) is 1. The highest BCUT2D eigenvalue weighted by Gasteiger charge is 2.26. The smallest absolute Gasteiger partial charge is 0.387 e.